The first-order chi connectivity index (χ1) is 5.67. The van der Waals surface area contributed by atoms with Gasteiger partial charge in [-0.1, -0.05) is 0 Å². The van der Waals surface area contributed by atoms with Crippen molar-refractivity contribution in [2.75, 3.05) is 26.2 Å². The summed E-state index contributed by atoms with van der Waals surface area (Å²) in [5.41, 5.74) is -0.928. The van der Waals surface area contributed by atoms with E-state index < -0.39 is 5.67 Å². The van der Waals surface area contributed by atoms with Crippen LogP contribution in [-0.4, -0.2) is 42.8 Å². The van der Waals surface area contributed by atoms with E-state index in [1.165, 1.54) is 6.42 Å². The van der Waals surface area contributed by atoms with Gasteiger partial charge in [-0.15, -0.1) is 12.4 Å². The van der Waals surface area contributed by atoms with Gasteiger partial charge in [0.05, 0.1) is 0 Å². The highest BCUT2D eigenvalue weighted by Crippen LogP contribution is 2.27. The Bertz CT molecular complexity index is 169. The van der Waals surface area contributed by atoms with E-state index in [0.29, 0.717) is 19.0 Å². The second-order valence-electron chi connectivity index (χ2n) is 4.28. The van der Waals surface area contributed by atoms with Crippen LogP contribution < -0.4 is 5.32 Å². The van der Waals surface area contributed by atoms with Gasteiger partial charge < -0.3 is 5.32 Å². The van der Waals surface area contributed by atoms with Crippen LogP contribution in [0.4, 0.5) is 4.39 Å². The molecule has 0 aromatic rings. The Kier molecular flexibility index (Phi) is 3.55. The number of likely N-dealkylation sites (tertiary alicyclic amines) is 1. The summed E-state index contributed by atoms with van der Waals surface area (Å²) < 4.78 is 13.5. The lowest BCUT2D eigenvalue weighted by molar-refractivity contribution is 0.169. The summed E-state index contributed by atoms with van der Waals surface area (Å²) in [6, 6.07) is 0.600. The lowest BCUT2D eigenvalue weighted by atomic mass is 10.1. The number of hydrogen-bond acceptors (Lipinski definition) is 2. The van der Waals surface area contributed by atoms with E-state index in [1.54, 1.807) is 6.92 Å². The van der Waals surface area contributed by atoms with Crippen molar-refractivity contribution >= 4 is 12.4 Å². The molecule has 0 amide bonds. The lowest BCUT2D eigenvalue weighted by Gasteiger charge is -2.23. The van der Waals surface area contributed by atoms with Gasteiger partial charge in [0.25, 0.3) is 0 Å². The molecule has 0 bridgehead atoms. The summed E-state index contributed by atoms with van der Waals surface area (Å²) in [6.07, 6.45) is 1.90. The summed E-state index contributed by atoms with van der Waals surface area (Å²) in [4.78, 5) is 2.29. The molecule has 2 heterocycles. The first-order valence-electron chi connectivity index (χ1n) is 4.81. The minimum absolute atomic E-state index is 0. The second kappa shape index (κ2) is 4.11. The van der Waals surface area contributed by atoms with E-state index in [-0.39, 0.29) is 12.4 Å². The fourth-order valence-electron chi connectivity index (χ4n) is 2.22. The van der Waals surface area contributed by atoms with Crippen molar-refractivity contribution in [3.8, 4) is 0 Å². The van der Waals surface area contributed by atoms with Gasteiger partial charge in [-0.05, 0) is 26.3 Å². The molecule has 0 spiro atoms. The molecule has 0 saturated carbocycles. The number of nitrogens with one attached hydrogen (secondary N) is 1. The Labute approximate surface area is 85.3 Å². The maximum atomic E-state index is 13.5. The first kappa shape index (κ1) is 11.2. The Balaban J connectivity index is 0.000000845. The molecule has 78 valence electrons. The minimum Gasteiger partial charge on any atom is -0.315 e. The third-order valence-electron chi connectivity index (χ3n) is 3.00. The minimum atomic E-state index is -0.928. The molecule has 2 aliphatic heterocycles. The molecule has 2 fully saturated rings. The molecule has 4 heteroatoms. The van der Waals surface area contributed by atoms with Crippen molar-refractivity contribution in [3.63, 3.8) is 0 Å². The van der Waals surface area contributed by atoms with Gasteiger partial charge in [-0.2, -0.15) is 0 Å². The van der Waals surface area contributed by atoms with Crippen molar-refractivity contribution < 1.29 is 4.39 Å². The van der Waals surface area contributed by atoms with E-state index in [0.717, 1.165) is 19.6 Å². The zero-order chi connectivity index (χ0) is 8.60. The summed E-state index contributed by atoms with van der Waals surface area (Å²) in [6.45, 7) is 5.45. The average Bonchev–Trinajstić information content (AvgIpc) is 2.55. The third-order valence-corrected chi connectivity index (χ3v) is 3.00. The maximum Gasteiger partial charge on any atom is 0.122 e. The Morgan fingerprint density at radius 2 is 2.31 bits per heavy atom. The van der Waals surface area contributed by atoms with Crippen LogP contribution in [-0.2, 0) is 0 Å². The van der Waals surface area contributed by atoms with Gasteiger partial charge in [0, 0.05) is 25.7 Å². The Morgan fingerprint density at radius 1 is 1.54 bits per heavy atom. The molecule has 2 atom stereocenters. The van der Waals surface area contributed by atoms with E-state index in [2.05, 4.69) is 10.2 Å². The fourth-order valence-corrected chi connectivity index (χ4v) is 2.22. The van der Waals surface area contributed by atoms with Gasteiger partial charge in [0.1, 0.15) is 5.67 Å². The van der Waals surface area contributed by atoms with Crippen LogP contribution in [0.25, 0.3) is 0 Å². The number of nitrogens with zero attached hydrogens (tertiary/aromatic N) is 1. The van der Waals surface area contributed by atoms with Crippen LogP contribution in [0, 0.1) is 0 Å². The van der Waals surface area contributed by atoms with Gasteiger partial charge in [-0.25, -0.2) is 4.39 Å². The predicted molar refractivity (Wildman–Crippen MR) is 54.2 cm³/mol. The number of halogens is 2. The molecular formula is C9H18ClFN2. The van der Waals surface area contributed by atoms with Crippen LogP contribution in [0.1, 0.15) is 19.8 Å². The van der Waals surface area contributed by atoms with Crippen LogP contribution in [0.5, 0.6) is 0 Å². The lowest BCUT2D eigenvalue weighted by Crippen LogP contribution is -2.36. The number of alkyl halides is 1. The van der Waals surface area contributed by atoms with Crippen molar-refractivity contribution in [2.24, 2.45) is 0 Å². The van der Waals surface area contributed by atoms with E-state index in [9.17, 15) is 4.39 Å². The zero-order valence-electron chi connectivity index (χ0n) is 8.05. The van der Waals surface area contributed by atoms with Crippen molar-refractivity contribution in [1.82, 2.24) is 10.2 Å². The predicted octanol–water partition coefficient (Wildman–Crippen LogP) is 1.20. The quantitative estimate of drug-likeness (QED) is 0.697. The molecule has 2 unspecified atom stereocenters. The highest BCUT2D eigenvalue weighted by molar-refractivity contribution is 5.85. The van der Waals surface area contributed by atoms with Crippen molar-refractivity contribution in [2.45, 2.75) is 31.5 Å². The molecule has 2 saturated heterocycles. The van der Waals surface area contributed by atoms with Crippen LogP contribution in [0.3, 0.4) is 0 Å². The topological polar surface area (TPSA) is 15.3 Å². The highest BCUT2D eigenvalue weighted by atomic mass is 35.5. The highest BCUT2D eigenvalue weighted by Gasteiger charge is 2.37. The van der Waals surface area contributed by atoms with Crippen molar-refractivity contribution in [1.29, 1.82) is 0 Å². The smallest absolute Gasteiger partial charge is 0.122 e. The monoisotopic (exact) mass is 208 g/mol. The van der Waals surface area contributed by atoms with Gasteiger partial charge in [0.15, 0.2) is 0 Å². The number of hydrogen-bond donors (Lipinski definition) is 1. The number of rotatable bonds is 1. The zero-order valence-corrected chi connectivity index (χ0v) is 8.87. The van der Waals surface area contributed by atoms with Gasteiger partial charge >= 0.3 is 0 Å². The molecule has 2 aliphatic rings. The van der Waals surface area contributed by atoms with Gasteiger partial charge in [0.2, 0.25) is 0 Å². The average molecular weight is 209 g/mol. The van der Waals surface area contributed by atoms with E-state index in [4.69, 9.17) is 0 Å². The van der Waals surface area contributed by atoms with Crippen LogP contribution in [0.15, 0.2) is 0 Å². The summed E-state index contributed by atoms with van der Waals surface area (Å²) in [5, 5.41) is 3.31. The second-order valence-corrected chi connectivity index (χ2v) is 4.28. The normalized spacial score (nSPS) is 40.6. The van der Waals surface area contributed by atoms with Gasteiger partial charge in [-0.3, -0.25) is 4.90 Å². The third kappa shape index (κ3) is 2.55. The van der Waals surface area contributed by atoms with E-state index >= 15 is 0 Å². The van der Waals surface area contributed by atoms with E-state index in [1.807, 2.05) is 0 Å². The maximum absolute atomic E-state index is 13.5. The van der Waals surface area contributed by atoms with Crippen molar-refractivity contribution in [3.05, 3.63) is 0 Å². The molecule has 13 heavy (non-hydrogen) atoms. The molecule has 1 N–H and O–H groups in total. The largest absolute Gasteiger partial charge is 0.315 e. The first-order valence-corrected chi connectivity index (χ1v) is 4.81. The fraction of sp³-hybridized carbons (Fsp3) is 1.00. The summed E-state index contributed by atoms with van der Waals surface area (Å²) in [7, 11) is 0. The molecule has 2 rings (SSSR count). The standard InChI is InChI=1S/C9H17FN2.ClH/c1-9(10)3-5-12(7-9)8-2-4-11-6-8;/h8,11H,2-7H2,1H3;1H. The molecule has 2 nitrogen and oxygen atoms in total. The SMILES string of the molecule is CC1(F)CCN(C2CCNC2)C1.Cl. The summed E-state index contributed by atoms with van der Waals surface area (Å²) >= 11 is 0. The molecule has 0 aromatic heterocycles. The Hall–Kier alpha value is 0.140. The van der Waals surface area contributed by atoms with Crippen LogP contribution in [0.2, 0.25) is 0 Å². The molecule has 0 aliphatic carbocycles. The molecule has 0 aromatic carbocycles. The Morgan fingerprint density at radius 3 is 2.77 bits per heavy atom. The molecular weight excluding hydrogens is 191 g/mol. The van der Waals surface area contributed by atoms with Crippen LogP contribution >= 0.6 is 12.4 Å². The summed E-state index contributed by atoms with van der Waals surface area (Å²) in [5.74, 6) is 0. The molecule has 0 radical (unpaired) electrons.